The number of carbonyl (C=O) groups excluding carboxylic acids is 1. The molecule has 1 aromatic carbocycles. The van der Waals surface area contributed by atoms with Crippen molar-refractivity contribution in [2.75, 3.05) is 13.6 Å². The van der Waals surface area contributed by atoms with Crippen molar-refractivity contribution in [3.63, 3.8) is 0 Å². The van der Waals surface area contributed by atoms with Gasteiger partial charge in [-0.2, -0.15) is 0 Å². The molecular weight excluding hydrogens is 202 g/mol. The van der Waals surface area contributed by atoms with E-state index in [4.69, 9.17) is 5.73 Å². The summed E-state index contributed by atoms with van der Waals surface area (Å²) < 4.78 is 26.8. The normalized spacial score (nSPS) is 10.1. The van der Waals surface area contributed by atoms with Gasteiger partial charge in [-0.25, -0.2) is 8.78 Å². The zero-order valence-electron chi connectivity index (χ0n) is 8.31. The Bertz CT molecular complexity index is 380. The molecule has 15 heavy (non-hydrogen) atoms. The molecule has 0 saturated carbocycles. The Hall–Kier alpha value is -1.49. The van der Waals surface area contributed by atoms with E-state index >= 15 is 0 Å². The second-order valence-electron chi connectivity index (χ2n) is 3.01. The maximum atomic E-state index is 13.6. The van der Waals surface area contributed by atoms with E-state index in [1.54, 1.807) is 0 Å². The Morgan fingerprint density at radius 1 is 1.47 bits per heavy atom. The van der Waals surface area contributed by atoms with Gasteiger partial charge >= 0.3 is 0 Å². The van der Waals surface area contributed by atoms with Crippen molar-refractivity contribution < 1.29 is 13.6 Å². The summed E-state index contributed by atoms with van der Waals surface area (Å²) in [5, 5.41) is 2.28. The zero-order valence-corrected chi connectivity index (χ0v) is 8.31. The van der Waals surface area contributed by atoms with Crippen LogP contribution in [0, 0.1) is 11.6 Å². The quantitative estimate of drug-likeness (QED) is 0.782. The topological polar surface area (TPSA) is 55.1 Å². The third-order valence-corrected chi connectivity index (χ3v) is 2.05. The standard InChI is InChI=1S/C10H12F2N2O/c1-14-10(15)7-2-3-8(11)6(4-5-13)9(7)12/h2-3H,4-5,13H2,1H3,(H,14,15). The van der Waals surface area contributed by atoms with Crippen LogP contribution in [0.15, 0.2) is 12.1 Å². The van der Waals surface area contributed by atoms with Crippen LogP contribution >= 0.6 is 0 Å². The van der Waals surface area contributed by atoms with Crippen molar-refractivity contribution in [3.05, 3.63) is 34.9 Å². The molecule has 0 aliphatic carbocycles. The van der Waals surface area contributed by atoms with E-state index in [1.165, 1.54) is 7.05 Å². The Labute approximate surface area is 86.3 Å². The minimum absolute atomic E-state index is 0.0719. The van der Waals surface area contributed by atoms with Crippen LogP contribution in [0.4, 0.5) is 8.78 Å². The van der Waals surface area contributed by atoms with Crippen LogP contribution in [0.25, 0.3) is 0 Å². The number of halogens is 2. The first kappa shape index (κ1) is 11.6. The van der Waals surface area contributed by atoms with E-state index in [0.717, 1.165) is 12.1 Å². The fourth-order valence-corrected chi connectivity index (χ4v) is 1.28. The minimum Gasteiger partial charge on any atom is -0.355 e. The van der Waals surface area contributed by atoms with E-state index in [-0.39, 0.29) is 24.1 Å². The summed E-state index contributed by atoms with van der Waals surface area (Å²) in [6.07, 6.45) is 0.0719. The summed E-state index contributed by atoms with van der Waals surface area (Å²) in [4.78, 5) is 11.2. The summed E-state index contributed by atoms with van der Waals surface area (Å²) >= 11 is 0. The summed E-state index contributed by atoms with van der Waals surface area (Å²) in [6, 6.07) is 2.18. The molecule has 0 atom stereocenters. The number of carbonyl (C=O) groups is 1. The van der Waals surface area contributed by atoms with Crippen LogP contribution in [-0.2, 0) is 6.42 Å². The Morgan fingerprint density at radius 3 is 2.67 bits per heavy atom. The highest BCUT2D eigenvalue weighted by Crippen LogP contribution is 2.17. The van der Waals surface area contributed by atoms with Gasteiger partial charge in [0, 0.05) is 12.6 Å². The molecule has 0 spiro atoms. The van der Waals surface area contributed by atoms with Gasteiger partial charge < -0.3 is 11.1 Å². The van der Waals surface area contributed by atoms with Gasteiger partial charge in [0.15, 0.2) is 0 Å². The lowest BCUT2D eigenvalue weighted by atomic mass is 10.1. The van der Waals surface area contributed by atoms with E-state index in [2.05, 4.69) is 5.32 Å². The maximum Gasteiger partial charge on any atom is 0.254 e. The van der Waals surface area contributed by atoms with E-state index in [1.807, 2.05) is 0 Å². The van der Waals surface area contributed by atoms with Crippen LogP contribution in [0.2, 0.25) is 0 Å². The lowest BCUT2D eigenvalue weighted by Gasteiger charge is -2.07. The van der Waals surface area contributed by atoms with Crippen molar-refractivity contribution in [1.82, 2.24) is 5.32 Å². The summed E-state index contributed by atoms with van der Waals surface area (Å²) in [7, 11) is 1.38. The summed E-state index contributed by atoms with van der Waals surface area (Å²) in [6.45, 7) is 0.130. The number of hydrogen-bond donors (Lipinski definition) is 2. The van der Waals surface area contributed by atoms with Crippen LogP contribution in [-0.4, -0.2) is 19.5 Å². The second-order valence-corrected chi connectivity index (χ2v) is 3.01. The highest BCUT2D eigenvalue weighted by atomic mass is 19.1. The molecule has 0 unspecified atom stereocenters. The number of nitrogens with one attached hydrogen (secondary N) is 1. The first-order valence-corrected chi connectivity index (χ1v) is 4.50. The van der Waals surface area contributed by atoms with Crippen molar-refractivity contribution >= 4 is 5.91 Å². The fourth-order valence-electron chi connectivity index (χ4n) is 1.28. The lowest BCUT2D eigenvalue weighted by Crippen LogP contribution is -2.20. The molecule has 82 valence electrons. The van der Waals surface area contributed by atoms with Crippen molar-refractivity contribution in [1.29, 1.82) is 0 Å². The van der Waals surface area contributed by atoms with Gasteiger partial charge in [-0.15, -0.1) is 0 Å². The molecule has 1 aromatic rings. The molecular formula is C10H12F2N2O. The zero-order chi connectivity index (χ0) is 11.4. The highest BCUT2D eigenvalue weighted by Gasteiger charge is 2.16. The third kappa shape index (κ3) is 2.30. The summed E-state index contributed by atoms with van der Waals surface area (Å²) in [5.74, 6) is -2.09. The minimum atomic E-state index is -0.834. The molecule has 3 nitrogen and oxygen atoms in total. The smallest absolute Gasteiger partial charge is 0.254 e. The molecule has 0 fully saturated rings. The van der Waals surface area contributed by atoms with Gasteiger partial charge in [-0.1, -0.05) is 0 Å². The number of hydrogen-bond acceptors (Lipinski definition) is 2. The molecule has 0 heterocycles. The number of rotatable bonds is 3. The molecule has 0 aliphatic heterocycles. The monoisotopic (exact) mass is 214 g/mol. The average Bonchev–Trinajstić information content (AvgIpc) is 2.23. The highest BCUT2D eigenvalue weighted by molar-refractivity contribution is 5.94. The van der Waals surface area contributed by atoms with Gasteiger partial charge in [0.1, 0.15) is 11.6 Å². The third-order valence-electron chi connectivity index (χ3n) is 2.05. The lowest BCUT2D eigenvalue weighted by molar-refractivity contribution is 0.0958. The van der Waals surface area contributed by atoms with E-state index in [0.29, 0.717) is 0 Å². The van der Waals surface area contributed by atoms with Crippen molar-refractivity contribution in [3.8, 4) is 0 Å². The molecule has 0 saturated heterocycles. The van der Waals surface area contributed by atoms with Crippen LogP contribution in [0.5, 0.6) is 0 Å². The number of benzene rings is 1. The van der Waals surface area contributed by atoms with Gasteiger partial charge in [-0.3, -0.25) is 4.79 Å². The van der Waals surface area contributed by atoms with Gasteiger partial charge in [0.25, 0.3) is 5.91 Å². The van der Waals surface area contributed by atoms with E-state index < -0.39 is 17.5 Å². The molecule has 1 rings (SSSR count). The first-order chi connectivity index (χ1) is 7.11. The van der Waals surface area contributed by atoms with Crippen molar-refractivity contribution in [2.24, 2.45) is 5.73 Å². The predicted octanol–water partition coefficient (Wildman–Crippen LogP) is 0.826. The van der Waals surface area contributed by atoms with Crippen molar-refractivity contribution in [2.45, 2.75) is 6.42 Å². The SMILES string of the molecule is CNC(=O)c1ccc(F)c(CCN)c1F. The molecule has 0 aromatic heterocycles. The number of nitrogens with two attached hydrogens (primary N) is 1. The Kier molecular flexibility index (Phi) is 3.74. The Balaban J connectivity index is 3.21. The van der Waals surface area contributed by atoms with Gasteiger partial charge in [0.05, 0.1) is 5.56 Å². The fraction of sp³-hybridized carbons (Fsp3) is 0.300. The van der Waals surface area contributed by atoms with Gasteiger partial charge in [-0.05, 0) is 25.1 Å². The molecule has 0 radical (unpaired) electrons. The maximum absolute atomic E-state index is 13.6. The Morgan fingerprint density at radius 2 is 2.13 bits per heavy atom. The van der Waals surface area contributed by atoms with Gasteiger partial charge in [0.2, 0.25) is 0 Å². The number of amides is 1. The molecule has 5 heteroatoms. The first-order valence-electron chi connectivity index (χ1n) is 4.50. The molecule has 0 bridgehead atoms. The predicted molar refractivity (Wildman–Crippen MR) is 52.5 cm³/mol. The molecule has 0 aliphatic rings. The van der Waals surface area contributed by atoms with Crippen LogP contribution in [0.1, 0.15) is 15.9 Å². The average molecular weight is 214 g/mol. The summed E-state index contributed by atoms with van der Waals surface area (Å²) in [5.41, 5.74) is 4.92. The second kappa shape index (κ2) is 4.84. The molecule has 3 N–H and O–H groups in total. The largest absolute Gasteiger partial charge is 0.355 e. The van der Waals surface area contributed by atoms with Crippen LogP contribution < -0.4 is 11.1 Å². The van der Waals surface area contributed by atoms with Crippen LogP contribution in [0.3, 0.4) is 0 Å². The molecule has 1 amide bonds. The van der Waals surface area contributed by atoms with E-state index in [9.17, 15) is 13.6 Å².